The highest BCUT2D eigenvalue weighted by molar-refractivity contribution is 9.10. The molecule has 0 radical (unpaired) electrons. The van der Waals surface area contributed by atoms with Crippen LogP contribution in [0.15, 0.2) is 39.8 Å². The molecule has 7 heteroatoms. The first-order valence-electron chi connectivity index (χ1n) is 6.87. The standard InChI is InChI=1S/C16H12BrFN2O3/c1-21-14-5-10-13(6-11(14)18)23-12-3-2-8(17)4-9(12)16(10)7-22-15(19)20-16/h2-6H,7H2,1H3,(H2,19,20). The number of aliphatic imine (C=N–C) groups is 1. The molecule has 118 valence electrons. The molecule has 2 aromatic rings. The summed E-state index contributed by atoms with van der Waals surface area (Å²) in [6.45, 7) is 0.216. The Hall–Kier alpha value is -2.28. The van der Waals surface area contributed by atoms with Gasteiger partial charge in [0, 0.05) is 21.7 Å². The molecule has 0 aromatic heterocycles. The molecule has 2 heterocycles. The zero-order chi connectivity index (χ0) is 16.2. The summed E-state index contributed by atoms with van der Waals surface area (Å²) in [6.07, 6.45) is 0. The number of amidine groups is 1. The van der Waals surface area contributed by atoms with Crippen LogP contribution in [0.2, 0.25) is 0 Å². The molecule has 0 aliphatic carbocycles. The highest BCUT2D eigenvalue weighted by atomic mass is 79.9. The lowest BCUT2D eigenvalue weighted by atomic mass is 9.81. The number of halogens is 2. The molecule has 0 amide bonds. The maximum Gasteiger partial charge on any atom is 0.283 e. The minimum absolute atomic E-state index is 0.0899. The second kappa shape index (κ2) is 4.86. The fourth-order valence-corrected chi connectivity index (χ4v) is 3.35. The number of fused-ring (bicyclic) bond motifs is 4. The van der Waals surface area contributed by atoms with Crippen molar-refractivity contribution in [1.82, 2.24) is 0 Å². The monoisotopic (exact) mass is 378 g/mol. The van der Waals surface area contributed by atoms with Gasteiger partial charge in [0.15, 0.2) is 17.1 Å². The summed E-state index contributed by atoms with van der Waals surface area (Å²) in [6, 6.07) is 8.52. The van der Waals surface area contributed by atoms with E-state index in [4.69, 9.17) is 19.9 Å². The Morgan fingerprint density at radius 2 is 2.04 bits per heavy atom. The molecule has 0 bridgehead atoms. The van der Waals surface area contributed by atoms with Crippen molar-refractivity contribution in [2.75, 3.05) is 13.7 Å². The van der Waals surface area contributed by atoms with E-state index in [1.807, 2.05) is 12.1 Å². The maximum absolute atomic E-state index is 14.1. The predicted octanol–water partition coefficient (Wildman–Crippen LogP) is 3.29. The number of benzene rings is 2. The van der Waals surface area contributed by atoms with E-state index in [9.17, 15) is 4.39 Å². The van der Waals surface area contributed by atoms with Crippen LogP contribution in [0.3, 0.4) is 0 Å². The molecule has 0 saturated carbocycles. The predicted molar refractivity (Wildman–Crippen MR) is 85.5 cm³/mol. The van der Waals surface area contributed by atoms with Gasteiger partial charge >= 0.3 is 0 Å². The number of hydrogen-bond donors (Lipinski definition) is 1. The fourth-order valence-electron chi connectivity index (χ4n) is 2.98. The molecule has 1 spiro atoms. The van der Waals surface area contributed by atoms with Gasteiger partial charge in [0.1, 0.15) is 18.1 Å². The molecule has 2 aromatic carbocycles. The second-order valence-corrected chi connectivity index (χ2v) is 6.24. The van der Waals surface area contributed by atoms with Crippen LogP contribution in [0.4, 0.5) is 4.39 Å². The number of nitrogens with zero attached hydrogens (tertiary/aromatic N) is 1. The quantitative estimate of drug-likeness (QED) is 0.826. The Kier molecular flexibility index (Phi) is 3.02. The summed E-state index contributed by atoms with van der Waals surface area (Å²) in [5.74, 6) is 0.580. The molecule has 2 aliphatic rings. The average molecular weight is 379 g/mol. The van der Waals surface area contributed by atoms with Crippen molar-refractivity contribution >= 4 is 22.0 Å². The van der Waals surface area contributed by atoms with Crippen molar-refractivity contribution in [3.8, 4) is 17.2 Å². The van der Waals surface area contributed by atoms with Crippen LogP contribution in [-0.4, -0.2) is 19.7 Å². The fraction of sp³-hybridized carbons (Fsp3) is 0.188. The van der Waals surface area contributed by atoms with E-state index in [-0.39, 0.29) is 18.4 Å². The van der Waals surface area contributed by atoms with Gasteiger partial charge in [0.2, 0.25) is 0 Å². The van der Waals surface area contributed by atoms with Crippen LogP contribution in [0.1, 0.15) is 11.1 Å². The van der Waals surface area contributed by atoms with Gasteiger partial charge in [-0.05, 0) is 24.3 Å². The molecule has 1 unspecified atom stereocenters. The van der Waals surface area contributed by atoms with Gasteiger partial charge in [0.25, 0.3) is 6.02 Å². The minimum atomic E-state index is -0.877. The van der Waals surface area contributed by atoms with Crippen LogP contribution in [-0.2, 0) is 10.3 Å². The Labute approximate surface area is 140 Å². The molecule has 4 rings (SSSR count). The van der Waals surface area contributed by atoms with Gasteiger partial charge in [0.05, 0.1) is 7.11 Å². The molecule has 0 fully saturated rings. The van der Waals surface area contributed by atoms with E-state index >= 15 is 0 Å². The van der Waals surface area contributed by atoms with Gasteiger partial charge < -0.3 is 19.9 Å². The second-order valence-electron chi connectivity index (χ2n) is 5.32. The molecular formula is C16H12BrFN2O3. The zero-order valence-corrected chi connectivity index (χ0v) is 13.7. The molecular weight excluding hydrogens is 367 g/mol. The van der Waals surface area contributed by atoms with E-state index < -0.39 is 11.4 Å². The molecule has 5 nitrogen and oxygen atoms in total. The van der Waals surface area contributed by atoms with Gasteiger partial charge in [-0.3, -0.25) is 0 Å². The van der Waals surface area contributed by atoms with Gasteiger partial charge in [-0.2, -0.15) is 0 Å². The lowest BCUT2D eigenvalue weighted by Gasteiger charge is -2.33. The van der Waals surface area contributed by atoms with Gasteiger partial charge in [-0.25, -0.2) is 9.38 Å². The van der Waals surface area contributed by atoms with Crippen LogP contribution in [0.5, 0.6) is 17.2 Å². The van der Waals surface area contributed by atoms with Crippen LogP contribution >= 0.6 is 15.9 Å². The number of methoxy groups -OCH3 is 1. The van der Waals surface area contributed by atoms with Crippen molar-refractivity contribution < 1.29 is 18.6 Å². The molecule has 23 heavy (non-hydrogen) atoms. The van der Waals surface area contributed by atoms with Gasteiger partial charge in [-0.15, -0.1) is 0 Å². The third kappa shape index (κ3) is 1.99. The number of nitrogens with two attached hydrogens (primary N) is 1. The molecule has 1 atom stereocenters. The van der Waals surface area contributed by atoms with Crippen molar-refractivity contribution in [1.29, 1.82) is 0 Å². The normalized spacial score (nSPS) is 21.1. The number of hydrogen-bond acceptors (Lipinski definition) is 5. The minimum Gasteiger partial charge on any atom is -0.494 e. The van der Waals surface area contributed by atoms with Crippen LogP contribution in [0, 0.1) is 5.82 Å². The maximum atomic E-state index is 14.1. The van der Waals surface area contributed by atoms with E-state index in [1.54, 1.807) is 12.1 Å². The number of ether oxygens (including phenoxy) is 3. The van der Waals surface area contributed by atoms with E-state index in [0.717, 1.165) is 10.0 Å². The highest BCUT2D eigenvalue weighted by Crippen LogP contribution is 2.52. The van der Waals surface area contributed by atoms with Crippen molar-refractivity contribution in [2.45, 2.75) is 5.54 Å². The van der Waals surface area contributed by atoms with Crippen molar-refractivity contribution in [3.63, 3.8) is 0 Å². The molecule has 2 N–H and O–H groups in total. The molecule has 2 aliphatic heterocycles. The van der Waals surface area contributed by atoms with E-state index in [0.29, 0.717) is 17.1 Å². The highest BCUT2D eigenvalue weighted by Gasteiger charge is 2.47. The first kappa shape index (κ1) is 14.3. The van der Waals surface area contributed by atoms with Gasteiger partial charge in [-0.1, -0.05) is 15.9 Å². The third-order valence-electron chi connectivity index (χ3n) is 4.04. The SMILES string of the molecule is COc1cc2c(cc1F)Oc1ccc(Br)cc1C21COC(N)=N1. The largest absolute Gasteiger partial charge is 0.494 e. The van der Waals surface area contributed by atoms with Crippen molar-refractivity contribution in [2.24, 2.45) is 10.7 Å². The lowest BCUT2D eigenvalue weighted by Crippen LogP contribution is -2.31. The van der Waals surface area contributed by atoms with Crippen molar-refractivity contribution in [3.05, 3.63) is 51.7 Å². The summed E-state index contributed by atoms with van der Waals surface area (Å²) in [5, 5.41) is 0. The summed E-state index contributed by atoms with van der Waals surface area (Å²) in [5.41, 5.74) is 6.34. The topological polar surface area (TPSA) is 66.1 Å². The Bertz CT molecular complexity index is 855. The summed E-state index contributed by atoms with van der Waals surface area (Å²) in [7, 11) is 1.41. The summed E-state index contributed by atoms with van der Waals surface area (Å²) < 4.78 is 31.3. The lowest BCUT2D eigenvalue weighted by molar-refractivity contribution is 0.263. The third-order valence-corrected chi connectivity index (χ3v) is 4.53. The first-order valence-corrected chi connectivity index (χ1v) is 7.67. The summed E-state index contributed by atoms with van der Waals surface area (Å²) >= 11 is 3.45. The van der Waals surface area contributed by atoms with Crippen LogP contribution in [0.25, 0.3) is 0 Å². The summed E-state index contributed by atoms with van der Waals surface area (Å²) in [4.78, 5) is 4.50. The zero-order valence-electron chi connectivity index (χ0n) is 12.1. The number of rotatable bonds is 1. The van der Waals surface area contributed by atoms with E-state index in [2.05, 4.69) is 20.9 Å². The Morgan fingerprint density at radius 3 is 2.74 bits per heavy atom. The first-order chi connectivity index (χ1) is 11.0. The molecule has 0 saturated heterocycles. The Balaban J connectivity index is 2.03. The Morgan fingerprint density at radius 1 is 1.26 bits per heavy atom. The van der Waals surface area contributed by atoms with E-state index in [1.165, 1.54) is 13.2 Å². The van der Waals surface area contributed by atoms with Crippen LogP contribution < -0.4 is 15.2 Å². The average Bonchev–Trinajstić information content (AvgIpc) is 2.91. The smallest absolute Gasteiger partial charge is 0.283 e.